The minimum atomic E-state index is -0.360. The third-order valence-electron chi connectivity index (χ3n) is 7.26. The molecule has 0 aliphatic carbocycles. The maximum absolute atomic E-state index is 13.5. The van der Waals surface area contributed by atoms with Crippen molar-refractivity contribution in [2.24, 2.45) is 5.92 Å². The van der Waals surface area contributed by atoms with Crippen molar-refractivity contribution in [3.8, 4) is 0 Å². The highest BCUT2D eigenvalue weighted by Gasteiger charge is 2.37. The number of aliphatic hydroxyl groups excluding tert-OH is 1. The fraction of sp³-hybridized carbons (Fsp3) is 0.444. The molecule has 172 valence electrons. The predicted octanol–water partition coefficient (Wildman–Crippen LogP) is 3.75. The van der Waals surface area contributed by atoms with Gasteiger partial charge in [0.15, 0.2) is 0 Å². The first-order valence-electron chi connectivity index (χ1n) is 12.1. The van der Waals surface area contributed by atoms with Crippen molar-refractivity contribution in [3.05, 3.63) is 65.9 Å². The van der Waals surface area contributed by atoms with Crippen molar-refractivity contribution in [1.82, 2.24) is 14.9 Å². The fourth-order valence-corrected chi connectivity index (χ4v) is 5.35. The van der Waals surface area contributed by atoms with Crippen LogP contribution in [0, 0.1) is 12.8 Å². The highest BCUT2D eigenvalue weighted by molar-refractivity contribution is 5.86. The van der Waals surface area contributed by atoms with Crippen LogP contribution in [0.25, 0.3) is 10.9 Å². The summed E-state index contributed by atoms with van der Waals surface area (Å²) in [5, 5.41) is 11.8. The van der Waals surface area contributed by atoms with Crippen molar-refractivity contribution in [3.63, 3.8) is 0 Å². The number of benzene rings is 2. The molecule has 2 aromatic carbocycles. The Morgan fingerprint density at radius 3 is 2.52 bits per heavy atom. The summed E-state index contributed by atoms with van der Waals surface area (Å²) >= 11 is 0. The molecule has 0 spiro atoms. The second-order valence-corrected chi connectivity index (χ2v) is 9.40. The number of anilines is 1. The number of amides is 1. The summed E-state index contributed by atoms with van der Waals surface area (Å²) in [6, 6.07) is 18.0. The molecule has 2 aliphatic heterocycles. The van der Waals surface area contributed by atoms with E-state index in [0.717, 1.165) is 54.4 Å². The van der Waals surface area contributed by atoms with Gasteiger partial charge in [-0.15, -0.1) is 0 Å². The molecule has 1 aromatic heterocycles. The molecule has 2 saturated heterocycles. The normalized spacial score (nSPS) is 20.4. The summed E-state index contributed by atoms with van der Waals surface area (Å²) in [5.74, 6) is 1.08. The van der Waals surface area contributed by atoms with Gasteiger partial charge in [0.2, 0.25) is 11.9 Å². The first-order chi connectivity index (χ1) is 16.1. The van der Waals surface area contributed by atoms with Gasteiger partial charge >= 0.3 is 0 Å². The van der Waals surface area contributed by atoms with Gasteiger partial charge in [-0.1, -0.05) is 48.5 Å². The van der Waals surface area contributed by atoms with Crippen LogP contribution in [0.2, 0.25) is 0 Å². The molecule has 1 N–H and O–H groups in total. The van der Waals surface area contributed by atoms with Crippen LogP contribution in [0.3, 0.4) is 0 Å². The number of para-hydroxylation sites is 1. The summed E-state index contributed by atoms with van der Waals surface area (Å²) in [6.45, 7) is 4.22. The molecule has 2 atom stereocenters. The smallest absolute Gasteiger partial charge is 0.245 e. The van der Waals surface area contributed by atoms with E-state index in [1.54, 1.807) is 0 Å². The number of likely N-dealkylation sites (tertiary alicyclic amines) is 1. The van der Waals surface area contributed by atoms with Crippen LogP contribution in [-0.4, -0.2) is 57.7 Å². The van der Waals surface area contributed by atoms with Gasteiger partial charge in [-0.25, -0.2) is 9.97 Å². The topological polar surface area (TPSA) is 69.6 Å². The van der Waals surface area contributed by atoms with E-state index in [4.69, 9.17) is 9.97 Å². The quantitative estimate of drug-likeness (QED) is 0.649. The molecule has 6 nitrogen and oxygen atoms in total. The number of carbonyl (C=O) groups excluding carboxylic acids is 1. The average Bonchev–Trinajstić information content (AvgIpc) is 3.34. The van der Waals surface area contributed by atoms with Gasteiger partial charge in [0.05, 0.1) is 17.3 Å². The SMILES string of the molecule is Cc1nc(N2CCC[C@H]2C(=O)N2CCC([C@H](O)Cc3ccccc3)CC2)nc2ccccc12. The van der Waals surface area contributed by atoms with Crippen LogP contribution in [0.15, 0.2) is 54.6 Å². The van der Waals surface area contributed by atoms with Gasteiger partial charge in [-0.2, -0.15) is 0 Å². The molecule has 3 heterocycles. The van der Waals surface area contributed by atoms with Crippen LogP contribution in [0.4, 0.5) is 5.95 Å². The Balaban J connectivity index is 1.23. The lowest BCUT2D eigenvalue weighted by Crippen LogP contribution is -2.50. The van der Waals surface area contributed by atoms with Crippen LogP contribution < -0.4 is 4.90 Å². The van der Waals surface area contributed by atoms with Gasteiger partial charge in [0.1, 0.15) is 6.04 Å². The van der Waals surface area contributed by atoms with Crippen molar-refractivity contribution >= 4 is 22.8 Å². The Bertz CT molecular complexity index is 1110. The van der Waals surface area contributed by atoms with E-state index in [0.29, 0.717) is 25.5 Å². The third-order valence-corrected chi connectivity index (χ3v) is 7.26. The second-order valence-electron chi connectivity index (χ2n) is 9.40. The monoisotopic (exact) mass is 444 g/mol. The van der Waals surface area contributed by atoms with E-state index >= 15 is 0 Å². The Morgan fingerprint density at radius 2 is 1.73 bits per heavy atom. The average molecular weight is 445 g/mol. The van der Waals surface area contributed by atoms with Crippen molar-refractivity contribution in [2.75, 3.05) is 24.5 Å². The molecule has 3 aromatic rings. The molecule has 5 rings (SSSR count). The number of nitrogens with zero attached hydrogens (tertiary/aromatic N) is 4. The number of hydrogen-bond acceptors (Lipinski definition) is 5. The Kier molecular flexibility index (Phi) is 6.27. The molecule has 0 unspecified atom stereocenters. The van der Waals surface area contributed by atoms with Crippen LogP contribution >= 0.6 is 0 Å². The number of carbonyl (C=O) groups is 1. The number of aliphatic hydroxyl groups is 1. The standard InChI is InChI=1S/C27H32N4O2/c1-19-22-10-5-6-11-23(22)29-27(28-19)31-15-7-12-24(31)26(33)30-16-13-21(14-17-30)25(32)18-20-8-3-2-4-9-20/h2-6,8-11,21,24-25,32H,7,12-18H2,1H3/t24-,25+/m0/s1. The lowest BCUT2D eigenvalue weighted by Gasteiger charge is -2.37. The van der Waals surface area contributed by atoms with E-state index in [2.05, 4.69) is 17.0 Å². The van der Waals surface area contributed by atoms with Crippen LogP contribution in [-0.2, 0) is 11.2 Å². The molecule has 2 fully saturated rings. The number of aromatic nitrogens is 2. The zero-order valence-electron chi connectivity index (χ0n) is 19.2. The molecular weight excluding hydrogens is 412 g/mol. The summed E-state index contributed by atoms with van der Waals surface area (Å²) in [4.78, 5) is 27.1. The number of rotatable bonds is 5. The molecule has 33 heavy (non-hydrogen) atoms. The van der Waals surface area contributed by atoms with Gasteiger partial charge < -0.3 is 14.9 Å². The Labute approximate surface area is 195 Å². The lowest BCUT2D eigenvalue weighted by atomic mass is 9.87. The number of hydrogen-bond donors (Lipinski definition) is 1. The third kappa shape index (κ3) is 4.58. The number of aryl methyl sites for hydroxylation is 1. The molecule has 6 heteroatoms. The second kappa shape index (κ2) is 9.48. The zero-order chi connectivity index (χ0) is 22.8. The maximum atomic E-state index is 13.5. The summed E-state index contributed by atoms with van der Waals surface area (Å²) in [7, 11) is 0. The minimum absolute atomic E-state index is 0.179. The van der Waals surface area contributed by atoms with E-state index in [9.17, 15) is 9.90 Å². The van der Waals surface area contributed by atoms with E-state index in [-0.39, 0.29) is 24.0 Å². The van der Waals surface area contributed by atoms with Crippen molar-refractivity contribution in [1.29, 1.82) is 0 Å². The highest BCUT2D eigenvalue weighted by atomic mass is 16.3. The molecule has 0 radical (unpaired) electrons. The Hall–Kier alpha value is -2.99. The van der Waals surface area contributed by atoms with Gasteiger partial charge in [-0.05, 0) is 56.6 Å². The molecule has 0 saturated carbocycles. The fourth-order valence-electron chi connectivity index (χ4n) is 5.35. The summed E-state index contributed by atoms with van der Waals surface area (Å²) < 4.78 is 0. The largest absolute Gasteiger partial charge is 0.392 e. The van der Waals surface area contributed by atoms with Crippen LogP contribution in [0.5, 0.6) is 0 Å². The van der Waals surface area contributed by atoms with Crippen molar-refractivity contribution < 1.29 is 9.90 Å². The van der Waals surface area contributed by atoms with E-state index in [1.165, 1.54) is 0 Å². The molecular formula is C27H32N4O2. The lowest BCUT2D eigenvalue weighted by molar-refractivity contribution is -0.134. The first-order valence-corrected chi connectivity index (χ1v) is 12.1. The maximum Gasteiger partial charge on any atom is 0.245 e. The van der Waals surface area contributed by atoms with Crippen molar-refractivity contribution in [2.45, 2.75) is 51.2 Å². The van der Waals surface area contributed by atoms with Gasteiger partial charge in [-0.3, -0.25) is 4.79 Å². The highest BCUT2D eigenvalue weighted by Crippen LogP contribution is 2.29. The van der Waals surface area contributed by atoms with E-state index in [1.807, 2.05) is 54.3 Å². The van der Waals surface area contributed by atoms with Gasteiger partial charge in [0, 0.05) is 25.0 Å². The number of piperidine rings is 1. The van der Waals surface area contributed by atoms with E-state index < -0.39 is 0 Å². The molecule has 0 bridgehead atoms. The minimum Gasteiger partial charge on any atom is -0.392 e. The predicted molar refractivity (Wildman–Crippen MR) is 130 cm³/mol. The first kappa shape index (κ1) is 21.8. The Morgan fingerprint density at radius 1 is 1.00 bits per heavy atom. The van der Waals surface area contributed by atoms with Gasteiger partial charge in [0.25, 0.3) is 0 Å². The molecule has 2 aliphatic rings. The number of fused-ring (bicyclic) bond motifs is 1. The summed E-state index contributed by atoms with van der Waals surface area (Å²) in [5.41, 5.74) is 3.03. The van der Waals surface area contributed by atoms with Crippen LogP contribution in [0.1, 0.15) is 36.9 Å². The zero-order valence-corrected chi connectivity index (χ0v) is 19.2. The summed E-state index contributed by atoms with van der Waals surface area (Å²) in [6.07, 6.45) is 3.81. The molecule has 1 amide bonds.